The Bertz CT molecular complexity index is 444. The fourth-order valence-corrected chi connectivity index (χ4v) is 1.78. The van der Waals surface area contributed by atoms with E-state index in [1.54, 1.807) is 0 Å². The van der Waals surface area contributed by atoms with Gasteiger partial charge in [0.2, 0.25) is 6.79 Å². The molecule has 0 bridgehead atoms. The zero-order valence-corrected chi connectivity index (χ0v) is 9.86. The van der Waals surface area contributed by atoms with Crippen LogP contribution in [-0.4, -0.2) is 25.9 Å². The quantitative estimate of drug-likeness (QED) is 0.786. The van der Waals surface area contributed by atoms with E-state index in [1.165, 1.54) is 7.11 Å². The molecule has 0 aliphatic carbocycles. The predicted molar refractivity (Wildman–Crippen MR) is 61.0 cm³/mol. The Hall–Kier alpha value is -1.75. The van der Waals surface area contributed by atoms with Crippen LogP contribution in [0, 0.1) is 6.92 Å². The van der Waals surface area contributed by atoms with Crippen LogP contribution >= 0.6 is 0 Å². The van der Waals surface area contributed by atoms with Gasteiger partial charge in [-0.3, -0.25) is 4.79 Å². The van der Waals surface area contributed by atoms with Crippen molar-refractivity contribution in [1.29, 1.82) is 0 Å². The Labute approximate surface area is 99.5 Å². The van der Waals surface area contributed by atoms with Gasteiger partial charge in [0.25, 0.3) is 0 Å². The number of rotatable bonds is 3. The molecule has 1 unspecified atom stereocenters. The number of hydrogen-bond donors (Lipinski definition) is 1. The minimum Gasteiger partial charge on any atom is -0.468 e. The first-order chi connectivity index (χ1) is 8.11. The Morgan fingerprint density at radius 1 is 1.47 bits per heavy atom. The van der Waals surface area contributed by atoms with E-state index < -0.39 is 12.0 Å². The third-order valence-corrected chi connectivity index (χ3v) is 2.77. The van der Waals surface area contributed by atoms with Crippen molar-refractivity contribution in [1.82, 2.24) is 0 Å². The summed E-state index contributed by atoms with van der Waals surface area (Å²) in [6, 6.07) is 3.10. The number of methoxy groups -OCH3 is 1. The molecule has 0 radical (unpaired) electrons. The standard InChI is InChI=1S/C12H15NO4/c1-7-3-10-11(17-6-16-10)5-8(7)4-9(13)12(14)15-2/h3,5,9H,4,6,13H2,1-2H3. The van der Waals surface area contributed by atoms with Crippen molar-refractivity contribution >= 4 is 5.97 Å². The zero-order valence-electron chi connectivity index (χ0n) is 9.86. The third-order valence-electron chi connectivity index (χ3n) is 2.77. The van der Waals surface area contributed by atoms with E-state index in [1.807, 2.05) is 19.1 Å². The van der Waals surface area contributed by atoms with Crippen LogP contribution in [-0.2, 0) is 16.0 Å². The van der Waals surface area contributed by atoms with Gasteiger partial charge in [-0.05, 0) is 36.6 Å². The van der Waals surface area contributed by atoms with Crippen LogP contribution in [0.2, 0.25) is 0 Å². The highest BCUT2D eigenvalue weighted by atomic mass is 16.7. The van der Waals surface area contributed by atoms with Gasteiger partial charge in [-0.25, -0.2) is 0 Å². The molecule has 5 heteroatoms. The number of nitrogens with two attached hydrogens (primary N) is 1. The maximum absolute atomic E-state index is 11.3. The molecule has 2 N–H and O–H groups in total. The van der Waals surface area contributed by atoms with Crippen molar-refractivity contribution in [2.45, 2.75) is 19.4 Å². The number of fused-ring (bicyclic) bond motifs is 1. The fraction of sp³-hybridized carbons (Fsp3) is 0.417. The molecule has 1 aliphatic heterocycles. The summed E-state index contributed by atoms with van der Waals surface area (Å²) in [5.74, 6) is 1.02. The second-order valence-corrected chi connectivity index (χ2v) is 3.97. The molecule has 5 nitrogen and oxygen atoms in total. The van der Waals surface area contributed by atoms with Crippen LogP contribution in [0.15, 0.2) is 12.1 Å². The van der Waals surface area contributed by atoms with Crippen LogP contribution < -0.4 is 15.2 Å². The summed E-state index contributed by atoms with van der Waals surface area (Å²) in [5, 5.41) is 0. The molecule has 1 aromatic rings. The molecule has 1 atom stereocenters. The first-order valence-electron chi connectivity index (χ1n) is 5.34. The summed E-state index contributed by atoms with van der Waals surface area (Å²) in [5.41, 5.74) is 7.71. The monoisotopic (exact) mass is 237 g/mol. The maximum Gasteiger partial charge on any atom is 0.322 e. The summed E-state index contributed by atoms with van der Waals surface area (Å²) in [4.78, 5) is 11.3. The molecule has 0 aromatic heterocycles. The van der Waals surface area contributed by atoms with Gasteiger partial charge in [0.05, 0.1) is 7.11 Å². The van der Waals surface area contributed by atoms with Crippen molar-refractivity contribution in [3.05, 3.63) is 23.3 Å². The van der Waals surface area contributed by atoms with E-state index in [0.29, 0.717) is 12.2 Å². The number of esters is 1. The summed E-state index contributed by atoms with van der Waals surface area (Å²) < 4.78 is 15.1. The van der Waals surface area contributed by atoms with Gasteiger partial charge in [0.15, 0.2) is 11.5 Å². The lowest BCUT2D eigenvalue weighted by atomic mass is 10.0. The van der Waals surface area contributed by atoms with Gasteiger partial charge in [0.1, 0.15) is 6.04 Å². The van der Waals surface area contributed by atoms with Crippen LogP contribution in [0.3, 0.4) is 0 Å². The van der Waals surface area contributed by atoms with Crippen LogP contribution in [0.1, 0.15) is 11.1 Å². The molecule has 92 valence electrons. The lowest BCUT2D eigenvalue weighted by Gasteiger charge is -2.12. The smallest absolute Gasteiger partial charge is 0.322 e. The van der Waals surface area contributed by atoms with Crippen LogP contribution in [0.25, 0.3) is 0 Å². The largest absolute Gasteiger partial charge is 0.468 e. The maximum atomic E-state index is 11.3. The van der Waals surface area contributed by atoms with E-state index in [-0.39, 0.29) is 6.79 Å². The third kappa shape index (κ3) is 2.34. The molecule has 17 heavy (non-hydrogen) atoms. The van der Waals surface area contributed by atoms with Crippen LogP contribution in [0.5, 0.6) is 11.5 Å². The number of hydrogen-bond acceptors (Lipinski definition) is 5. The normalized spacial score (nSPS) is 14.5. The van der Waals surface area contributed by atoms with E-state index >= 15 is 0 Å². The van der Waals surface area contributed by atoms with Gasteiger partial charge < -0.3 is 19.9 Å². The number of carbonyl (C=O) groups excluding carboxylic acids is 1. The SMILES string of the molecule is COC(=O)C(N)Cc1cc2c(cc1C)OCO2. The molecule has 0 saturated heterocycles. The fourth-order valence-electron chi connectivity index (χ4n) is 1.78. The molecular weight excluding hydrogens is 222 g/mol. The van der Waals surface area contributed by atoms with Crippen molar-refractivity contribution in [3.63, 3.8) is 0 Å². The van der Waals surface area contributed by atoms with Crippen molar-refractivity contribution in [2.75, 3.05) is 13.9 Å². The lowest BCUT2D eigenvalue weighted by molar-refractivity contribution is -0.142. The second kappa shape index (κ2) is 4.63. The highest BCUT2D eigenvalue weighted by Crippen LogP contribution is 2.34. The molecule has 0 fully saturated rings. The van der Waals surface area contributed by atoms with E-state index in [9.17, 15) is 4.79 Å². The first kappa shape index (κ1) is 11.7. The van der Waals surface area contributed by atoms with Crippen molar-refractivity contribution in [3.8, 4) is 11.5 Å². The molecule has 0 spiro atoms. The topological polar surface area (TPSA) is 70.8 Å². The van der Waals surface area contributed by atoms with E-state index in [0.717, 1.165) is 16.9 Å². The van der Waals surface area contributed by atoms with Gasteiger partial charge in [-0.2, -0.15) is 0 Å². The summed E-state index contributed by atoms with van der Waals surface area (Å²) >= 11 is 0. The number of carbonyl (C=O) groups is 1. The molecule has 1 aliphatic rings. The molecule has 2 rings (SSSR count). The Balaban J connectivity index is 2.19. The van der Waals surface area contributed by atoms with Gasteiger partial charge in [-0.1, -0.05) is 0 Å². The highest BCUT2D eigenvalue weighted by Gasteiger charge is 2.19. The molecular formula is C12H15NO4. The van der Waals surface area contributed by atoms with Gasteiger partial charge >= 0.3 is 5.97 Å². The Kier molecular flexibility index (Phi) is 3.19. The molecule has 1 aromatic carbocycles. The Morgan fingerprint density at radius 2 is 2.12 bits per heavy atom. The summed E-state index contributed by atoms with van der Waals surface area (Å²) in [7, 11) is 1.33. The van der Waals surface area contributed by atoms with E-state index in [2.05, 4.69) is 4.74 Å². The van der Waals surface area contributed by atoms with Crippen molar-refractivity contribution < 1.29 is 19.0 Å². The number of ether oxygens (including phenoxy) is 3. The number of benzene rings is 1. The average Bonchev–Trinajstić information content (AvgIpc) is 2.75. The van der Waals surface area contributed by atoms with Gasteiger partial charge in [0, 0.05) is 0 Å². The minimum absolute atomic E-state index is 0.237. The van der Waals surface area contributed by atoms with Gasteiger partial charge in [-0.15, -0.1) is 0 Å². The first-order valence-corrected chi connectivity index (χ1v) is 5.34. The summed E-state index contributed by atoms with van der Waals surface area (Å²) in [6.07, 6.45) is 0.426. The average molecular weight is 237 g/mol. The number of aryl methyl sites for hydroxylation is 1. The Morgan fingerprint density at radius 3 is 2.76 bits per heavy atom. The minimum atomic E-state index is -0.654. The molecule has 0 amide bonds. The van der Waals surface area contributed by atoms with Crippen LogP contribution in [0.4, 0.5) is 0 Å². The highest BCUT2D eigenvalue weighted by molar-refractivity contribution is 5.75. The zero-order chi connectivity index (χ0) is 12.4. The van der Waals surface area contributed by atoms with E-state index in [4.69, 9.17) is 15.2 Å². The molecule has 1 heterocycles. The predicted octanol–water partition coefficient (Wildman–Crippen LogP) is 0.767. The second-order valence-electron chi connectivity index (χ2n) is 3.97. The summed E-state index contributed by atoms with van der Waals surface area (Å²) in [6.45, 7) is 2.18. The molecule has 0 saturated carbocycles. The lowest BCUT2D eigenvalue weighted by Crippen LogP contribution is -2.33. The van der Waals surface area contributed by atoms with Crippen molar-refractivity contribution in [2.24, 2.45) is 5.73 Å².